The van der Waals surface area contributed by atoms with Crippen LogP contribution < -0.4 is 20.3 Å². The number of rotatable bonds is 4. The molecule has 7 rings (SSSR count). The number of aromatic nitrogens is 1. The van der Waals surface area contributed by atoms with Crippen LogP contribution in [0.3, 0.4) is 0 Å². The molecule has 0 bridgehead atoms. The fourth-order valence-corrected chi connectivity index (χ4v) is 8.18. The maximum atomic E-state index is 13.4. The molecule has 0 amide bonds. The van der Waals surface area contributed by atoms with Gasteiger partial charge in [-0.25, -0.2) is 0 Å². The molecule has 7 aromatic rings. The minimum Gasteiger partial charge on any atom is -0.497 e. The summed E-state index contributed by atoms with van der Waals surface area (Å²) < 4.78 is 16.9. The molecular formula is C28H21NO4S2. The Morgan fingerprint density at radius 1 is 0.714 bits per heavy atom. The Morgan fingerprint density at radius 3 is 1.57 bits per heavy atom. The summed E-state index contributed by atoms with van der Waals surface area (Å²) in [6.07, 6.45) is 0. The van der Waals surface area contributed by atoms with Crippen molar-refractivity contribution < 1.29 is 9.47 Å². The molecule has 4 aromatic carbocycles. The van der Waals surface area contributed by atoms with Crippen LogP contribution in [0.15, 0.2) is 46.0 Å². The van der Waals surface area contributed by atoms with Crippen molar-refractivity contribution in [1.29, 1.82) is 0 Å². The van der Waals surface area contributed by atoms with Crippen molar-refractivity contribution in [2.45, 2.75) is 20.4 Å². The van der Waals surface area contributed by atoms with Crippen molar-refractivity contribution in [3.63, 3.8) is 0 Å². The fourth-order valence-electron chi connectivity index (χ4n) is 5.50. The predicted octanol–water partition coefficient (Wildman–Crippen LogP) is 6.80. The lowest BCUT2D eigenvalue weighted by molar-refractivity contribution is 0.415. The first-order valence-corrected chi connectivity index (χ1v) is 13.1. The van der Waals surface area contributed by atoms with Gasteiger partial charge in [-0.15, -0.1) is 22.7 Å². The predicted molar refractivity (Wildman–Crippen MR) is 148 cm³/mol. The quantitative estimate of drug-likeness (QED) is 0.267. The molecule has 0 aliphatic heterocycles. The van der Waals surface area contributed by atoms with Crippen LogP contribution in [0.5, 0.6) is 11.5 Å². The average molecular weight is 500 g/mol. The van der Waals surface area contributed by atoms with Gasteiger partial charge in [0.2, 0.25) is 10.9 Å². The SMILES string of the molecule is COc1ccc2c(c1)c(=O)c1sc3c4sc5c(=O)c6cc(OC)ccc6c5c4n(CC(C)C)c3c12. The molecule has 5 nitrogen and oxygen atoms in total. The molecule has 0 fully saturated rings. The lowest BCUT2D eigenvalue weighted by atomic mass is 10.1. The van der Waals surface area contributed by atoms with Crippen molar-refractivity contribution >= 4 is 84.8 Å². The molecule has 0 N–H and O–H groups in total. The molecule has 0 atom stereocenters. The van der Waals surface area contributed by atoms with E-state index in [2.05, 4.69) is 18.4 Å². The molecule has 0 aliphatic rings. The van der Waals surface area contributed by atoms with E-state index in [9.17, 15) is 9.59 Å². The van der Waals surface area contributed by atoms with Gasteiger partial charge in [-0.2, -0.15) is 0 Å². The highest BCUT2D eigenvalue weighted by Gasteiger charge is 2.27. The number of methoxy groups -OCH3 is 2. The lowest BCUT2D eigenvalue weighted by Gasteiger charge is -2.10. The summed E-state index contributed by atoms with van der Waals surface area (Å²) in [5, 5.41) is 5.36. The zero-order valence-electron chi connectivity index (χ0n) is 19.6. The largest absolute Gasteiger partial charge is 0.497 e. The van der Waals surface area contributed by atoms with E-state index < -0.39 is 0 Å². The molecule has 3 aromatic heterocycles. The monoisotopic (exact) mass is 499 g/mol. The summed E-state index contributed by atoms with van der Waals surface area (Å²) in [5.41, 5.74) is 2.32. The Balaban J connectivity index is 1.71. The maximum absolute atomic E-state index is 13.4. The summed E-state index contributed by atoms with van der Waals surface area (Å²) >= 11 is 3.11. The Hall–Kier alpha value is -3.42. The molecular weight excluding hydrogens is 478 g/mol. The zero-order chi connectivity index (χ0) is 24.2. The first kappa shape index (κ1) is 20.9. The number of hydrogen-bond donors (Lipinski definition) is 0. The van der Waals surface area contributed by atoms with E-state index >= 15 is 0 Å². The Morgan fingerprint density at radius 2 is 1.17 bits per heavy atom. The van der Waals surface area contributed by atoms with Gasteiger partial charge in [0.25, 0.3) is 0 Å². The fraction of sp³-hybridized carbons (Fsp3) is 0.214. The lowest BCUT2D eigenvalue weighted by Crippen LogP contribution is -2.03. The third kappa shape index (κ3) is 2.57. The second kappa shape index (κ2) is 7.06. The Bertz CT molecular complexity index is 1940. The first-order valence-electron chi connectivity index (χ1n) is 11.5. The molecule has 0 saturated carbocycles. The molecule has 174 valence electrons. The van der Waals surface area contributed by atoms with E-state index in [4.69, 9.17) is 9.47 Å². The van der Waals surface area contributed by atoms with Crippen LogP contribution in [0.1, 0.15) is 13.8 Å². The van der Waals surface area contributed by atoms with Gasteiger partial charge in [0.05, 0.1) is 44.1 Å². The van der Waals surface area contributed by atoms with Gasteiger partial charge < -0.3 is 14.0 Å². The highest BCUT2D eigenvalue weighted by Crippen LogP contribution is 2.49. The number of ether oxygens (including phenoxy) is 2. The van der Waals surface area contributed by atoms with Gasteiger partial charge in [0.1, 0.15) is 11.5 Å². The normalized spacial score (nSPS) is 12.6. The number of thiophene rings is 2. The van der Waals surface area contributed by atoms with E-state index in [-0.39, 0.29) is 10.9 Å². The third-order valence-electron chi connectivity index (χ3n) is 6.95. The summed E-state index contributed by atoms with van der Waals surface area (Å²) in [5.74, 6) is 1.76. The molecule has 0 saturated heterocycles. The maximum Gasteiger partial charge on any atom is 0.204 e. The van der Waals surface area contributed by atoms with Crippen LogP contribution in [-0.4, -0.2) is 18.8 Å². The van der Waals surface area contributed by atoms with Gasteiger partial charge in [-0.1, -0.05) is 13.8 Å². The topological polar surface area (TPSA) is 57.5 Å². The van der Waals surface area contributed by atoms with Crippen molar-refractivity contribution in [3.05, 3.63) is 56.8 Å². The van der Waals surface area contributed by atoms with Gasteiger partial charge in [-0.3, -0.25) is 9.59 Å². The minimum atomic E-state index is 0.0527. The standard InChI is InChI=1S/C28H21NO4S2/c1-12(2)11-29-21-19-15-7-5-13(32-3)9-17(15)23(30)25(19)34-27(21)28-22(29)20-16-8-6-14(33-4)10-18(16)24(31)26(20)35-28/h5-10,12H,11H2,1-4H3. The molecule has 3 heterocycles. The van der Waals surface area contributed by atoms with E-state index in [0.717, 1.165) is 57.9 Å². The zero-order valence-corrected chi connectivity index (χ0v) is 21.3. The second-order valence-corrected chi connectivity index (χ2v) is 11.5. The van der Waals surface area contributed by atoms with E-state index in [0.29, 0.717) is 28.2 Å². The van der Waals surface area contributed by atoms with Crippen LogP contribution in [0.4, 0.5) is 0 Å². The summed E-state index contributed by atoms with van der Waals surface area (Å²) in [6.45, 7) is 5.20. The summed E-state index contributed by atoms with van der Waals surface area (Å²) in [4.78, 5) is 26.8. The van der Waals surface area contributed by atoms with Gasteiger partial charge in [0.15, 0.2) is 0 Å². The van der Waals surface area contributed by atoms with Gasteiger partial charge >= 0.3 is 0 Å². The number of nitrogens with zero attached hydrogens (tertiary/aromatic N) is 1. The molecule has 0 unspecified atom stereocenters. The van der Waals surface area contributed by atoms with E-state index in [1.165, 1.54) is 0 Å². The number of fused-ring (bicyclic) bond motifs is 11. The average Bonchev–Trinajstić information content (AvgIpc) is 3.60. The van der Waals surface area contributed by atoms with Crippen LogP contribution in [0.25, 0.3) is 62.2 Å². The Kier molecular flexibility index (Phi) is 4.22. The minimum absolute atomic E-state index is 0.0527. The number of benzene rings is 2. The van der Waals surface area contributed by atoms with Crippen LogP contribution in [0, 0.1) is 5.92 Å². The molecule has 7 heteroatoms. The van der Waals surface area contributed by atoms with Gasteiger partial charge in [-0.05, 0) is 53.1 Å². The van der Waals surface area contributed by atoms with E-state index in [1.807, 2.05) is 36.4 Å². The highest BCUT2D eigenvalue weighted by molar-refractivity contribution is 7.34. The smallest absolute Gasteiger partial charge is 0.204 e. The highest BCUT2D eigenvalue weighted by atomic mass is 32.1. The van der Waals surface area contributed by atoms with Crippen molar-refractivity contribution in [3.8, 4) is 11.5 Å². The molecule has 0 radical (unpaired) electrons. The molecule has 0 spiro atoms. The van der Waals surface area contributed by atoms with Crippen LogP contribution in [-0.2, 0) is 6.54 Å². The first-order chi connectivity index (χ1) is 16.9. The van der Waals surface area contributed by atoms with Crippen molar-refractivity contribution in [2.75, 3.05) is 14.2 Å². The van der Waals surface area contributed by atoms with Gasteiger partial charge in [0, 0.05) is 28.1 Å². The Labute approximate surface area is 207 Å². The van der Waals surface area contributed by atoms with Crippen LogP contribution >= 0.6 is 22.7 Å². The second-order valence-electron chi connectivity index (χ2n) is 9.45. The summed E-state index contributed by atoms with van der Waals surface area (Å²) in [6, 6.07) is 11.5. The summed E-state index contributed by atoms with van der Waals surface area (Å²) in [7, 11) is 3.23. The van der Waals surface area contributed by atoms with E-state index in [1.54, 1.807) is 36.9 Å². The third-order valence-corrected chi connectivity index (χ3v) is 9.47. The molecule has 0 aliphatic carbocycles. The number of hydrogen-bond acceptors (Lipinski definition) is 6. The van der Waals surface area contributed by atoms with Crippen molar-refractivity contribution in [1.82, 2.24) is 4.57 Å². The van der Waals surface area contributed by atoms with Crippen LogP contribution in [0.2, 0.25) is 0 Å². The van der Waals surface area contributed by atoms with Crippen molar-refractivity contribution in [2.24, 2.45) is 5.92 Å². The molecule has 35 heavy (non-hydrogen) atoms.